The lowest BCUT2D eigenvalue weighted by Crippen LogP contribution is -2.51. The maximum atomic E-state index is 12.6. The van der Waals surface area contributed by atoms with Crippen molar-refractivity contribution in [1.82, 2.24) is 14.1 Å². The maximum absolute atomic E-state index is 12.6. The van der Waals surface area contributed by atoms with E-state index in [0.717, 1.165) is 4.88 Å². The molecule has 26 heavy (non-hydrogen) atoms. The molecule has 8 heteroatoms. The van der Waals surface area contributed by atoms with Gasteiger partial charge in [-0.2, -0.15) is 4.31 Å². The fourth-order valence-corrected chi connectivity index (χ4v) is 5.11. The van der Waals surface area contributed by atoms with Gasteiger partial charge in [0.05, 0.1) is 18.0 Å². The summed E-state index contributed by atoms with van der Waals surface area (Å²) in [6.45, 7) is 2.85. The summed E-state index contributed by atoms with van der Waals surface area (Å²) in [5.41, 5.74) is 0. The first kappa shape index (κ1) is 19.0. The van der Waals surface area contributed by atoms with Gasteiger partial charge in [-0.15, -0.1) is 11.3 Å². The molecule has 0 bridgehead atoms. The van der Waals surface area contributed by atoms with Gasteiger partial charge in [-0.3, -0.25) is 9.69 Å². The Labute approximate surface area is 158 Å². The van der Waals surface area contributed by atoms with Gasteiger partial charge < -0.3 is 4.90 Å². The number of carbonyl (C=O) groups is 1. The van der Waals surface area contributed by atoms with Gasteiger partial charge in [-0.1, -0.05) is 24.3 Å². The van der Waals surface area contributed by atoms with E-state index in [1.54, 1.807) is 53.6 Å². The van der Waals surface area contributed by atoms with E-state index in [-0.39, 0.29) is 5.91 Å². The van der Waals surface area contributed by atoms with Crippen LogP contribution in [0.1, 0.15) is 4.88 Å². The summed E-state index contributed by atoms with van der Waals surface area (Å²) in [6.07, 6.45) is 0. The fraction of sp³-hybridized carbons (Fsp3) is 0.389. The summed E-state index contributed by atoms with van der Waals surface area (Å²) in [5, 5.41) is 2.00. The molecule has 0 aliphatic carbocycles. The Bertz CT molecular complexity index is 815. The van der Waals surface area contributed by atoms with Crippen LogP contribution in [-0.4, -0.2) is 68.2 Å². The van der Waals surface area contributed by atoms with Crippen LogP contribution < -0.4 is 0 Å². The second-order valence-corrected chi connectivity index (χ2v) is 9.29. The van der Waals surface area contributed by atoms with Crippen LogP contribution in [0, 0.1) is 0 Å². The highest BCUT2D eigenvalue weighted by Gasteiger charge is 2.29. The van der Waals surface area contributed by atoms with Gasteiger partial charge in [0.25, 0.3) is 0 Å². The van der Waals surface area contributed by atoms with Crippen molar-refractivity contribution in [3.63, 3.8) is 0 Å². The number of hydrogen-bond acceptors (Lipinski definition) is 5. The third-order valence-corrected chi connectivity index (χ3v) is 7.24. The van der Waals surface area contributed by atoms with Crippen LogP contribution in [0.15, 0.2) is 52.7 Å². The zero-order chi connectivity index (χ0) is 18.6. The molecule has 1 aromatic carbocycles. The van der Waals surface area contributed by atoms with Crippen molar-refractivity contribution < 1.29 is 13.2 Å². The van der Waals surface area contributed by atoms with Crippen molar-refractivity contribution in [2.75, 3.05) is 39.8 Å². The predicted molar refractivity (Wildman–Crippen MR) is 102 cm³/mol. The minimum absolute atomic E-state index is 0.0535. The average Bonchev–Trinajstić information content (AvgIpc) is 3.16. The van der Waals surface area contributed by atoms with Crippen LogP contribution >= 0.6 is 11.3 Å². The Balaban J connectivity index is 1.51. The first-order chi connectivity index (χ1) is 12.5. The molecule has 140 valence electrons. The number of likely N-dealkylation sites (N-methyl/N-ethyl adjacent to an activating group) is 1. The van der Waals surface area contributed by atoms with E-state index in [2.05, 4.69) is 0 Å². The summed E-state index contributed by atoms with van der Waals surface area (Å²) < 4.78 is 26.8. The zero-order valence-electron chi connectivity index (χ0n) is 14.7. The van der Waals surface area contributed by atoms with Gasteiger partial charge in [0.1, 0.15) is 0 Å². The number of nitrogens with zero attached hydrogens (tertiary/aromatic N) is 3. The number of sulfonamides is 1. The molecule has 0 radical (unpaired) electrons. The molecule has 1 aromatic heterocycles. The molecular formula is C18H23N3O3S2. The first-order valence-electron chi connectivity index (χ1n) is 8.51. The Morgan fingerprint density at radius 2 is 1.77 bits per heavy atom. The number of hydrogen-bond donors (Lipinski definition) is 0. The summed E-state index contributed by atoms with van der Waals surface area (Å²) in [7, 11) is -1.65. The first-order valence-corrected chi connectivity index (χ1v) is 10.8. The average molecular weight is 394 g/mol. The van der Waals surface area contributed by atoms with E-state index in [1.807, 2.05) is 22.4 Å². The number of piperazine rings is 1. The Morgan fingerprint density at radius 1 is 1.08 bits per heavy atom. The molecule has 1 aliphatic heterocycles. The lowest BCUT2D eigenvalue weighted by atomic mass is 10.3. The van der Waals surface area contributed by atoms with Gasteiger partial charge in [-0.05, 0) is 23.6 Å². The smallest absolute Gasteiger partial charge is 0.243 e. The summed E-state index contributed by atoms with van der Waals surface area (Å²) in [4.78, 5) is 17.6. The Kier molecular flexibility index (Phi) is 6.08. The van der Waals surface area contributed by atoms with Gasteiger partial charge in [0, 0.05) is 38.1 Å². The lowest BCUT2D eigenvalue weighted by molar-refractivity contribution is -0.131. The van der Waals surface area contributed by atoms with Crippen molar-refractivity contribution in [3.8, 4) is 0 Å². The molecule has 1 fully saturated rings. The maximum Gasteiger partial charge on any atom is 0.243 e. The molecule has 0 unspecified atom stereocenters. The third-order valence-electron chi connectivity index (χ3n) is 4.47. The molecule has 2 aromatic rings. The molecule has 0 saturated carbocycles. The minimum atomic E-state index is -3.45. The largest absolute Gasteiger partial charge is 0.340 e. The summed E-state index contributed by atoms with van der Waals surface area (Å²) in [5.74, 6) is 0.0535. The second kappa shape index (κ2) is 8.30. The van der Waals surface area contributed by atoms with Crippen molar-refractivity contribution >= 4 is 27.3 Å². The molecule has 0 spiro atoms. The number of carbonyl (C=O) groups excluding carboxylic acids is 1. The van der Waals surface area contributed by atoms with Crippen LogP contribution in [-0.2, 0) is 21.4 Å². The van der Waals surface area contributed by atoms with Gasteiger partial charge in [0.15, 0.2) is 0 Å². The zero-order valence-corrected chi connectivity index (χ0v) is 16.4. The predicted octanol–water partition coefficient (Wildman–Crippen LogP) is 1.71. The summed E-state index contributed by atoms with van der Waals surface area (Å²) >= 11 is 1.63. The van der Waals surface area contributed by atoms with Crippen LogP contribution in [0.4, 0.5) is 0 Å². The Morgan fingerprint density at radius 3 is 2.38 bits per heavy atom. The second-order valence-electron chi connectivity index (χ2n) is 6.32. The van der Waals surface area contributed by atoms with Gasteiger partial charge in [-0.25, -0.2) is 8.42 Å². The monoisotopic (exact) mass is 393 g/mol. The SMILES string of the molecule is CN(Cc1cccs1)C(=O)CN1CCN(S(=O)(=O)c2ccccc2)CC1. The number of benzene rings is 1. The fourth-order valence-electron chi connectivity index (χ4n) is 2.91. The molecule has 0 N–H and O–H groups in total. The molecule has 1 aliphatic rings. The highest BCUT2D eigenvalue weighted by molar-refractivity contribution is 7.89. The van der Waals surface area contributed by atoms with E-state index in [4.69, 9.17) is 0 Å². The molecule has 3 rings (SSSR count). The highest BCUT2D eigenvalue weighted by Crippen LogP contribution is 2.17. The quantitative estimate of drug-likeness (QED) is 0.750. The van der Waals surface area contributed by atoms with Gasteiger partial charge in [0.2, 0.25) is 15.9 Å². The van der Waals surface area contributed by atoms with E-state index < -0.39 is 10.0 Å². The standard InChI is InChI=1S/C18H23N3O3S2/c1-19(14-16-6-5-13-25-16)18(22)15-20-9-11-21(12-10-20)26(23,24)17-7-3-2-4-8-17/h2-8,13H,9-12,14-15H2,1H3. The normalized spacial score (nSPS) is 16.5. The van der Waals surface area contributed by atoms with Crippen LogP contribution in [0.2, 0.25) is 0 Å². The molecule has 0 atom stereocenters. The molecule has 1 saturated heterocycles. The van der Waals surface area contributed by atoms with E-state index in [9.17, 15) is 13.2 Å². The van der Waals surface area contributed by atoms with Crippen molar-refractivity contribution in [3.05, 3.63) is 52.7 Å². The van der Waals surface area contributed by atoms with E-state index >= 15 is 0 Å². The summed E-state index contributed by atoms with van der Waals surface area (Å²) in [6, 6.07) is 12.5. The molecule has 1 amide bonds. The molecule has 2 heterocycles. The number of thiophene rings is 1. The van der Waals surface area contributed by atoms with Crippen molar-refractivity contribution in [2.45, 2.75) is 11.4 Å². The molecule has 6 nitrogen and oxygen atoms in total. The van der Waals surface area contributed by atoms with Crippen molar-refractivity contribution in [1.29, 1.82) is 0 Å². The minimum Gasteiger partial charge on any atom is -0.340 e. The topological polar surface area (TPSA) is 60.9 Å². The van der Waals surface area contributed by atoms with Crippen LogP contribution in [0.5, 0.6) is 0 Å². The Hall–Kier alpha value is -1.74. The van der Waals surface area contributed by atoms with Crippen LogP contribution in [0.25, 0.3) is 0 Å². The lowest BCUT2D eigenvalue weighted by Gasteiger charge is -2.34. The van der Waals surface area contributed by atoms with Crippen LogP contribution in [0.3, 0.4) is 0 Å². The number of rotatable bonds is 6. The molecular weight excluding hydrogens is 370 g/mol. The highest BCUT2D eigenvalue weighted by atomic mass is 32.2. The van der Waals surface area contributed by atoms with Crippen molar-refractivity contribution in [2.24, 2.45) is 0 Å². The number of amides is 1. The van der Waals surface area contributed by atoms with E-state index in [0.29, 0.717) is 44.2 Å². The third kappa shape index (κ3) is 4.50. The van der Waals surface area contributed by atoms with E-state index in [1.165, 1.54) is 4.31 Å². The van der Waals surface area contributed by atoms with Gasteiger partial charge >= 0.3 is 0 Å².